The van der Waals surface area contributed by atoms with E-state index < -0.39 is 10.0 Å². The molecule has 2 amide bonds. The van der Waals surface area contributed by atoms with Crippen LogP contribution in [0.2, 0.25) is 0 Å². The first kappa shape index (κ1) is 25.7. The Kier molecular flexibility index (Phi) is 8.02. The minimum atomic E-state index is -3.87. The van der Waals surface area contributed by atoms with Crippen LogP contribution >= 0.6 is 0 Å². The molecule has 0 saturated carbocycles. The smallest absolute Gasteiger partial charge is 0.262 e. The first-order valence-electron chi connectivity index (χ1n) is 11.8. The summed E-state index contributed by atoms with van der Waals surface area (Å²) in [4.78, 5) is 27.8. The van der Waals surface area contributed by atoms with Crippen LogP contribution in [0.5, 0.6) is 0 Å². The van der Waals surface area contributed by atoms with E-state index in [1.807, 2.05) is 19.9 Å². The first-order chi connectivity index (χ1) is 16.0. The number of anilines is 1. The van der Waals surface area contributed by atoms with E-state index in [1.165, 1.54) is 0 Å². The molecule has 8 heteroatoms. The van der Waals surface area contributed by atoms with E-state index >= 15 is 0 Å². The van der Waals surface area contributed by atoms with Crippen LogP contribution in [0.3, 0.4) is 0 Å². The molecule has 7 nitrogen and oxygen atoms in total. The van der Waals surface area contributed by atoms with Crippen molar-refractivity contribution in [1.82, 2.24) is 10.2 Å². The number of piperidine rings is 1. The number of carbonyl (C=O) groups excluding carboxylic acids is 2. The molecular weight excluding hydrogens is 450 g/mol. The van der Waals surface area contributed by atoms with E-state index in [1.54, 1.807) is 48.2 Å². The van der Waals surface area contributed by atoms with Crippen LogP contribution in [0.15, 0.2) is 47.4 Å². The average molecular weight is 486 g/mol. The number of nitrogens with zero attached hydrogens (tertiary/aromatic N) is 1. The number of amides is 2. The third kappa shape index (κ3) is 5.97. The Labute approximate surface area is 203 Å². The van der Waals surface area contributed by atoms with Crippen molar-refractivity contribution in [2.24, 2.45) is 11.8 Å². The molecule has 0 aliphatic carbocycles. The first-order valence-corrected chi connectivity index (χ1v) is 13.3. The molecule has 1 unspecified atom stereocenters. The minimum absolute atomic E-state index is 0.0370. The molecule has 2 aromatic carbocycles. The monoisotopic (exact) mass is 485 g/mol. The SMILES string of the molecule is Cc1ccc(C)c(S(=O)(=O)Nc2ccccc2C(=O)N2CCC(C(=O)NC(C)C(C)C)CC2)c1. The number of aryl methyl sites for hydroxylation is 2. The molecule has 1 aliphatic heterocycles. The second-order valence-electron chi connectivity index (χ2n) is 9.53. The third-order valence-corrected chi connectivity index (χ3v) is 8.07. The van der Waals surface area contributed by atoms with Crippen molar-refractivity contribution in [3.05, 3.63) is 59.2 Å². The van der Waals surface area contributed by atoms with E-state index in [0.717, 1.165) is 5.56 Å². The van der Waals surface area contributed by atoms with Crippen molar-refractivity contribution in [3.63, 3.8) is 0 Å². The summed E-state index contributed by atoms with van der Waals surface area (Å²) in [6, 6.07) is 12.0. The number of benzene rings is 2. The number of carbonyl (C=O) groups is 2. The zero-order chi connectivity index (χ0) is 25.0. The van der Waals surface area contributed by atoms with Gasteiger partial charge in [-0.05, 0) is 68.9 Å². The molecule has 0 radical (unpaired) electrons. The zero-order valence-electron chi connectivity index (χ0n) is 20.6. The highest BCUT2D eigenvalue weighted by molar-refractivity contribution is 7.92. The van der Waals surface area contributed by atoms with Crippen molar-refractivity contribution >= 4 is 27.5 Å². The van der Waals surface area contributed by atoms with Crippen LogP contribution in [0, 0.1) is 25.7 Å². The van der Waals surface area contributed by atoms with Crippen LogP contribution in [0.1, 0.15) is 55.1 Å². The van der Waals surface area contributed by atoms with Gasteiger partial charge in [-0.15, -0.1) is 0 Å². The summed E-state index contributed by atoms with van der Waals surface area (Å²) in [5.74, 6) is 0.0291. The van der Waals surface area contributed by atoms with E-state index in [2.05, 4.69) is 23.9 Å². The molecule has 34 heavy (non-hydrogen) atoms. The molecule has 1 fully saturated rings. The highest BCUT2D eigenvalue weighted by Gasteiger charge is 2.30. The topological polar surface area (TPSA) is 95.6 Å². The maximum atomic E-state index is 13.3. The van der Waals surface area contributed by atoms with Crippen molar-refractivity contribution in [2.75, 3.05) is 17.8 Å². The minimum Gasteiger partial charge on any atom is -0.353 e. The van der Waals surface area contributed by atoms with Gasteiger partial charge in [0, 0.05) is 25.0 Å². The molecule has 1 heterocycles. The summed E-state index contributed by atoms with van der Waals surface area (Å²) in [5, 5.41) is 3.06. The van der Waals surface area contributed by atoms with Crippen LogP contribution in [-0.4, -0.2) is 44.3 Å². The summed E-state index contributed by atoms with van der Waals surface area (Å²) in [7, 11) is -3.87. The highest BCUT2D eigenvalue weighted by Crippen LogP contribution is 2.26. The highest BCUT2D eigenvalue weighted by atomic mass is 32.2. The van der Waals surface area contributed by atoms with E-state index in [0.29, 0.717) is 43.0 Å². The summed E-state index contributed by atoms with van der Waals surface area (Å²) < 4.78 is 28.8. The average Bonchev–Trinajstić information content (AvgIpc) is 2.80. The third-order valence-electron chi connectivity index (χ3n) is 6.56. The van der Waals surface area contributed by atoms with Crippen molar-refractivity contribution in [1.29, 1.82) is 0 Å². The Balaban J connectivity index is 1.72. The summed E-state index contributed by atoms with van der Waals surface area (Å²) in [6.45, 7) is 10.6. The molecule has 1 atom stereocenters. The largest absolute Gasteiger partial charge is 0.353 e. The molecule has 3 rings (SSSR count). The number of sulfonamides is 1. The Hall–Kier alpha value is -2.87. The number of para-hydroxylation sites is 1. The number of nitrogens with one attached hydrogen (secondary N) is 2. The standard InChI is InChI=1S/C26H35N3O4S/c1-17(2)20(5)27-25(30)21-12-14-29(15-13-21)26(31)22-8-6-7-9-23(22)28-34(32,33)24-16-18(3)10-11-19(24)4/h6-11,16-17,20-21,28H,12-15H2,1-5H3,(H,27,30). The maximum Gasteiger partial charge on any atom is 0.262 e. The number of rotatable bonds is 7. The Morgan fingerprint density at radius 2 is 1.65 bits per heavy atom. The fourth-order valence-corrected chi connectivity index (χ4v) is 5.39. The van der Waals surface area contributed by atoms with Crippen molar-refractivity contribution in [2.45, 2.75) is 58.4 Å². The molecule has 184 valence electrons. The number of hydrogen-bond donors (Lipinski definition) is 2. The molecule has 0 aromatic heterocycles. The second kappa shape index (κ2) is 10.6. The maximum absolute atomic E-state index is 13.3. The van der Waals surface area contributed by atoms with Gasteiger partial charge < -0.3 is 10.2 Å². The molecule has 1 saturated heterocycles. The number of hydrogen-bond acceptors (Lipinski definition) is 4. The van der Waals surface area contributed by atoms with Gasteiger partial charge in [-0.2, -0.15) is 0 Å². The van der Waals surface area contributed by atoms with Gasteiger partial charge in [-0.1, -0.05) is 38.1 Å². The summed E-state index contributed by atoms with van der Waals surface area (Å²) >= 11 is 0. The number of likely N-dealkylation sites (tertiary alicyclic amines) is 1. The lowest BCUT2D eigenvalue weighted by Crippen LogP contribution is -2.45. The second-order valence-corrected chi connectivity index (χ2v) is 11.2. The van der Waals surface area contributed by atoms with Gasteiger partial charge >= 0.3 is 0 Å². The molecule has 2 N–H and O–H groups in total. The Bertz CT molecular complexity index is 1150. The van der Waals surface area contributed by atoms with E-state index in [4.69, 9.17) is 0 Å². The van der Waals surface area contributed by atoms with Gasteiger partial charge in [-0.3, -0.25) is 14.3 Å². The van der Waals surface area contributed by atoms with Crippen LogP contribution in [-0.2, 0) is 14.8 Å². The molecule has 2 aromatic rings. The molecule has 0 spiro atoms. The quantitative estimate of drug-likeness (QED) is 0.617. The lowest BCUT2D eigenvalue weighted by atomic mass is 9.94. The summed E-state index contributed by atoms with van der Waals surface area (Å²) in [6.07, 6.45) is 1.16. The normalized spacial score (nSPS) is 15.8. The van der Waals surface area contributed by atoms with E-state index in [-0.39, 0.29) is 34.4 Å². The predicted octanol–water partition coefficient (Wildman–Crippen LogP) is 4.12. The van der Waals surface area contributed by atoms with Crippen LogP contribution in [0.4, 0.5) is 5.69 Å². The zero-order valence-corrected chi connectivity index (χ0v) is 21.4. The van der Waals surface area contributed by atoms with Crippen LogP contribution < -0.4 is 10.0 Å². The molecule has 1 aliphatic rings. The molecular formula is C26H35N3O4S. The Morgan fingerprint density at radius 1 is 1.00 bits per heavy atom. The summed E-state index contributed by atoms with van der Waals surface area (Å²) in [5.41, 5.74) is 2.02. The van der Waals surface area contributed by atoms with Crippen molar-refractivity contribution < 1.29 is 18.0 Å². The molecule has 0 bridgehead atoms. The fraction of sp³-hybridized carbons (Fsp3) is 0.462. The van der Waals surface area contributed by atoms with Gasteiger partial charge in [0.25, 0.3) is 15.9 Å². The predicted molar refractivity (Wildman–Crippen MR) is 134 cm³/mol. The fourth-order valence-electron chi connectivity index (χ4n) is 3.98. The lowest BCUT2D eigenvalue weighted by molar-refractivity contribution is -0.127. The van der Waals surface area contributed by atoms with Gasteiger partial charge in [0.15, 0.2) is 0 Å². The van der Waals surface area contributed by atoms with Crippen LogP contribution in [0.25, 0.3) is 0 Å². The van der Waals surface area contributed by atoms with Gasteiger partial charge in [0.05, 0.1) is 16.1 Å². The van der Waals surface area contributed by atoms with Gasteiger partial charge in [0.1, 0.15) is 0 Å². The van der Waals surface area contributed by atoms with Gasteiger partial charge in [0.2, 0.25) is 5.91 Å². The van der Waals surface area contributed by atoms with Gasteiger partial charge in [-0.25, -0.2) is 8.42 Å². The van der Waals surface area contributed by atoms with Crippen molar-refractivity contribution in [3.8, 4) is 0 Å². The van der Waals surface area contributed by atoms with E-state index in [9.17, 15) is 18.0 Å². The Morgan fingerprint density at radius 3 is 2.29 bits per heavy atom. The lowest BCUT2D eigenvalue weighted by Gasteiger charge is -2.32.